The summed E-state index contributed by atoms with van der Waals surface area (Å²) in [4.78, 5) is 37.6. The van der Waals surface area contributed by atoms with E-state index >= 15 is 0 Å². The first-order valence-corrected chi connectivity index (χ1v) is 7.61. The van der Waals surface area contributed by atoms with Gasteiger partial charge in [-0.15, -0.1) is 0 Å². The maximum atomic E-state index is 12.3. The number of aromatic amines is 1. The van der Waals surface area contributed by atoms with Crippen LogP contribution in [0.1, 0.15) is 28.7 Å². The molecule has 0 radical (unpaired) electrons. The van der Waals surface area contributed by atoms with E-state index in [4.69, 9.17) is 5.26 Å². The summed E-state index contributed by atoms with van der Waals surface area (Å²) in [5, 5.41) is 22.4. The topological polar surface area (TPSA) is 140 Å². The van der Waals surface area contributed by atoms with Crippen LogP contribution < -0.4 is 16.7 Å². The largest absolute Gasteiger partial charge is 0.493 e. The second-order valence-corrected chi connectivity index (χ2v) is 5.71. The average Bonchev–Trinajstić information content (AvgIpc) is 2.53. The van der Waals surface area contributed by atoms with Crippen LogP contribution in [-0.2, 0) is 4.79 Å². The molecule has 0 saturated carbocycles. The molecule has 1 amide bonds. The Bertz CT molecular complexity index is 1030. The molecular formula is C17H17N5O4. The molecule has 0 unspecified atom stereocenters. The summed E-state index contributed by atoms with van der Waals surface area (Å²) in [5.74, 6) is -1.27. The van der Waals surface area contributed by atoms with Gasteiger partial charge < -0.3 is 5.11 Å². The van der Waals surface area contributed by atoms with E-state index in [0.717, 1.165) is 27.5 Å². The van der Waals surface area contributed by atoms with Gasteiger partial charge in [0, 0.05) is 0 Å². The molecule has 1 aromatic heterocycles. The predicted octanol–water partition coefficient (Wildman–Crippen LogP) is 0.520. The first kappa shape index (κ1) is 18.7. The fourth-order valence-electron chi connectivity index (χ4n) is 2.67. The first-order chi connectivity index (χ1) is 12.3. The third-order valence-corrected chi connectivity index (χ3v) is 3.60. The lowest BCUT2D eigenvalue weighted by Gasteiger charge is -2.15. The van der Waals surface area contributed by atoms with Gasteiger partial charge in [-0.05, 0) is 31.9 Å². The quantitative estimate of drug-likeness (QED) is 0.542. The molecule has 134 valence electrons. The number of rotatable bonds is 4. The number of carbonyl (C=O) groups excluding carboxylic acids is 1. The van der Waals surface area contributed by atoms with Crippen LogP contribution in [-0.4, -0.2) is 26.8 Å². The third-order valence-electron chi connectivity index (χ3n) is 3.60. The van der Waals surface area contributed by atoms with Crippen molar-refractivity contribution in [2.45, 2.75) is 27.2 Å². The molecular weight excluding hydrogens is 338 g/mol. The monoisotopic (exact) mass is 355 g/mol. The van der Waals surface area contributed by atoms with E-state index in [-0.39, 0.29) is 5.56 Å². The van der Waals surface area contributed by atoms with E-state index in [0.29, 0.717) is 5.69 Å². The highest BCUT2D eigenvalue weighted by molar-refractivity contribution is 5.84. The Balaban J connectivity index is 2.60. The number of hydrogen-bond acceptors (Lipinski definition) is 6. The molecule has 1 heterocycles. The van der Waals surface area contributed by atoms with Gasteiger partial charge in [-0.25, -0.2) is 14.8 Å². The van der Waals surface area contributed by atoms with Crippen molar-refractivity contribution in [3.63, 3.8) is 0 Å². The lowest BCUT2D eigenvalue weighted by molar-refractivity contribution is -0.120. The number of aromatic hydroxyl groups is 1. The molecule has 0 fully saturated rings. The van der Waals surface area contributed by atoms with Crippen molar-refractivity contribution in [3.05, 3.63) is 55.2 Å². The highest BCUT2D eigenvalue weighted by Gasteiger charge is 2.17. The number of aryl methyl sites for hydroxylation is 3. The summed E-state index contributed by atoms with van der Waals surface area (Å²) in [7, 11) is 0. The molecule has 0 aliphatic rings. The van der Waals surface area contributed by atoms with Crippen LogP contribution in [0, 0.1) is 32.1 Å². The Hall–Kier alpha value is -3.67. The number of benzene rings is 1. The first-order valence-electron chi connectivity index (χ1n) is 7.61. The minimum atomic E-state index is -0.857. The van der Waals surface area contributed by atoms with Gasteiger partial charge in [0.05, 0.1) is 18.0 Å². The fraction of sp³-hybridized carbons (Fsp3) is 0.235. The van der Waals surface area contributed by atoms with Gasteiger partial charge in [-0.3, -0.25) is 14.6 Å². The van der Waals surface area contributed by atoms with E-state index in [1.807, 2.05) is 24.5 Å². The van der Waals surface area contributed by atoms with E-state index < -0.39 is 29.5 Å². The summed E-state index contributed by atoms with van der Waals surface area (Å²) in [6, 6.07) is 5.33. The van der Waals surface area contributed by atoms with E-state index in [2.05, 4.69) is 10.1 Å². The van der Waals surface area contributed by atoms with E-state index in [9.17, 15) is 19.5 Å². The van der Waals surface area contributed by atoms with Gasteiger partial charge >= 0.3 is 5.69 Å². The predicted molar refractivity (Wildman–Crippen MR) is 94.5 cm³/mol. The maximum absolute atomic E-state index is 12.3. The molecule has 26 heavy (non-hydrogen) atoms. The number of hydrogen-bond donors (Lipinski definition) is 3. The smallest absolute Gasteiger partial charge is 0.335 e. The average molecular weight is 355 g/mol. The fourth-order valence-corrected chi connectivity index (χ4v) is 2.67. The van der Waals surface area contributed by atoms with Gasteiger partial charge in [0.2, 0.25) is 5.88 Å². The standard InChI is InChI=1S/C17H17N5O4/c1-9-6-10(2)14(11(3)7-9)22-16(25)12(15(24)20-17(22)26)8-19-21-13(23)4-5-18/h6-8,25H,4H2,1-3H3,(H,21,23)(H,20,24,26). The molecule has 0 atom stereocenters. The Morgan fingerprint density at radius 1 is 1.35 bits per heavy atom. The lowest BCUT2D eigenvalue weighted by atomic mass is 10.0. The zero-order valence-corrected chi connectivity index (χ0v) is 14.5. The van der Waals surface area contributed by atoms with Crippen LogP contribution in [0.15, 0.2) is 26.8 Å². The Kier molecular flexibility index (Phi) is 5.37. The van der Waals surface area contributed by atoms with Crippen LogP contribution in [0.4, 0.5) is 0 Å². The lowest BCUT2D eigenvalue weighted by Crippen LogP contribution is -2.32. The summed E-state index contributed by atoms with van der Waals surface area (Å²) < 4.78 is 0.976. The minimum Gasteiger partial charge on any atom is -0.493 e. The molecule has 9 heteroatoms. The van der Waals surface area contributed by atoms with Crippen LogP contribution >= 0.6 is 0 Å². The number of nitrogens with zero attached hydrogens (tertiary/aromatic N) is 3. The van der Waals surface area contributed by atoms with Crippen molar-refractivity contribution in [3.8, 4) is 17.6 Å². The Morgan fingerprint density at radius 2 is 1.96 bits per heavy atom. The highest BCUT2D eigenvalue weighted by atomic mass is 16.3. The number of nitriles is 1. The van der Waals surface area contributed by atoms with Gasteiger partial charge in [0.1, 0.15) is 12.0 Å². The SMILES string of the molecule is Cc1cc(C)c(-n2c(O)c(C=NNC(=O)CC#N)c(=O)[nH]c2=O)c(C)c1. The van der Waals surface area contributed by atoms with Crippen LogP contribution in [0.2, 0.25) is 0 Å². The van der Waals surface area contributed by atoms with Crippen molar-refractivity contribution in [2.24, 2.45) is 5.10 Å². The summed E-state index contributed by atoms with van der Waals surface area (Å²) in [6.07, 6.45) is 0.513. The second kappa shape index (κ2) is 7.48. The number of carbonyl (C=O) groups is 1. The Labute approximate surface area is 148 Å². The summed E-state index contributed by atoms with van der Waals surface area (Å²) in [5.41, 5.74) is 2.99. The number of hydrazone groups is 1. The second-order valence-electron chi connectivity index (χ2n) is 5.71. The van der Waals surface area contributed by atoms with Crippen LogP contribution in [0.25, 0.3) is 5.69 Å². The molecule has 0 aliphatic heterocycles. The Morgan fingerprint density at radius 3 is 2.54 bits per heavy atom. The van der Waals surface area contributed by atoms with Crippen molar-refractivity contribution >= 4 is 12.1 Å². The van der Waals surface area contributed by atoms with E-state index in [1.54, 1.807) is 19.9 Å². The summed E-state index contributed by atoms with van der Waals surface area (Å²) in [6.45, 7) is 5.46. The van der Waals surface area contributed by atoms with Crippen molar-refractivity contribution in [1.82, 2.24) is 15.0 Å². The van der Waals surface area contributed by atoms with Gasteiger partial charge in [0.25, 0.3) is 11.5 Å². The molecule has 1 aromatic carbocycles. The van der Waals surface area contributed by atoms with Crippen molar-refractivity contribution < 1.29 is 9.90 Å². The number of nitrogens with one attached hydrogen (secondary N) is 2. The molecule has 2 rings (SSSR count). The van der Waals surface area contributed by atoms with Crippen molar-refractivity contribution in [2.75, 3.05) is 0 Å². The number of H-pyrrole nitrogens is 1. The van der Waals surface area contributed by atoms with E-state index in [1.165, 1.54) is 0 Å². The third kappa shape index (κ3) is 3.70. The number of amides is 1. The maximum Gasteiger partial charge on any atom is 0.335 e. The molecule has 0 saturated heterocycles. The minimum absolute atomic E-state index is 0.304. The molecule has 0 bridgehead atoms. The van der Waals surface area contributed by atoms with Gasteiger partial charge in [0.15, 0.2) is 0 Å². The normalized spacial score (nSPS) is 10.7. The summed E-state index contributed by atoms with van der Waals surface area (Å²) >= 11 is 0. The van der Waals surface area contributed by atoms with Crippen LogP contribution in [0.3, 0.4) is 0 Å². The number of aromatic nitrogens is 2. The molecule has 0 aliphatic carbocycles. The van der Waals surface area contributed by atoms with Crippen LogP contribution in [0.5, 0.6) is 5.88 Å². The molecule has 0 spiro atoms. The molecule has 9 nitrogen and oxygen atoms in total. The zero-order chi connectivity index (χ0) is 19.4. The highest BCUT2D eigenvalue weighted by Crippen LogP contribution is 2.23. The molecule has 3 N–H and O–H groups in total. The van der Waals surface area contributed by atoms with Crippen molar-refractivity contribution in [1.29, 1.82) is 5.26 Å². The van der Waals surface area contributed by atoms with Gasteiger partial charge in [-0.2, -0.15) is 10.4 Å². The van der Waals surface area contributed by atoms with Gasteiger partial charge in [-0.1, -0.05) is 17.7 Å². The zero-order valence-electron chi connectivity index (χ0n) is 14.5. The molecule has 2 aromatic rings.